The first-order chi connectivity index (χ1) is 8.93. The highest BCUT2D eigenvalue weighted by atomic mass is 16.5. The molecule has 0 bridgehead atoms. The molecule has 0 fully saturated rings. The molecule has 1 rings (SSSR count). The van der Waals surface area contributed by atoms with Gasteiger partial charge in [0.05, 0.1) is 7.11 Å². The van der Waals surface area contributed by atoms with Crippen molar-refractivity contribution in [2.75, 3.05) is 12.4 Å². The first kappa shape index (κ1) is 14.5. The number of aliphatic carboxylic acids is 1. The third kappa shape index (κ3) is 4.30. The summed E-state index contributed by atoms with van der Waals surface area (Å²) in [6.07, 6.45) is 0. The molecule has 0 spiro atoms. The quantitative estimate of drug-likeness (QED) is 0.676. The lowest BCUT2D eigenvalue weighted by Gasteiger charge is -2.09. The lowest BCUT2D eigenvalue weighted by atomic mass is 10.3. The molecule has 0 aliphatic heterocycles. The number of methoxy groups -OCH3 is 1. The van der Waals surface area contributed by atoms with Crippen LogP contribution in [-0.4, -0.2) is 36.0 Å². The molecule has 0 radical (unpaired) electrons. The van der Waals surface area contributed by atoms with Gasteiger partial charge in [-0.1, -0.05) is 0 Å². The minimum atomic E-state index is -1.22. The van der Waals surface area contributed by atoms with E-state index in [-0.39, 0.29) is 0 Å². The first-order valence-corrected chi connectivity index (χ1v) is 5.42. The van der Waals surface area contributed by atoms with Crippen molar-refractivity contribution in [1.29, 1.82) is 0 Å². The Kier molecular flexibility index (Phi) is 4.87. The van der Waals surface area contributed by atoms with Crippen LogP contribution in [0.1, 0.15) is 6.92 Å². The molecule has 3 N–H and O–H groups in total. The smallest absolute Gasteiger partial charge is 0.325 e. The van der Waals surface area contributed by atoms with Gasteiger partial charge in [-0.3, -0.25) is 14.4 Å². The van der Waals surface area contributed by atoms with Crippen LogP contribution in [0.3, 0.4) is 0 Å². The van der Waals surface area contributed by atoms with Crippen LogP contribution in [0.4, 0.5) is 5.69 Å². The van der Waals surface area contributed by atoms with E-state index in [2.05, 4.69) is 5.32 Å². The monoisotopic (exact) mass is 266 g/mol. The molecule has 1 aromatic carbocycles. The number of hydrogen-bond acceptors (Lipinski definition) is 4. The van der Waals surface area contributed by atoms with Crippen LogP contribution in [0, 0.1) is 0 Å². The molecule has 1 aromatic rings. The van der Waals surface area contributed by atoms with Gasteiger partial charge >= 0.3 is 17.8 Å². The van der Waals surface area contributed by atoms with Crippen LogP contribution < -0.4 is 15.4 Å². The molecule has 0 heterocycles. The van der Waals surface area contributed by atoms with Gasteiger partial charge in [0, 0.05) is 5.69 Å². The molecule has 1 unspecified atom stereocenters. The van der Waals surface area contributed by atoms with Crippen LogP contribution in [0.5, 0.6) is 5.75 Å². The first-order valence-electron chi connectivity index (χ1n) is 5.42. The Hall–Kier alpha value is -2.57. The highest BCUT2D eigenvalue weighted by Gasteiger charge is 2.19. The summed E-state index contributed by atoms with van der Waals surface area (Å²) >= 11 is 0. The van der Waals surface area contributed by atoms with Gasteiger partial charge in [0.15, 0.2) is 0 Å². The van der Waals surface area contributed by atoms with Crippen molar-refractivity contribution in [3.63, 3.8) is 0 Å². The van der Waals surface area contributed by atoms with Crippen LogP contribution in [0.2, 0.25) is 0 Å². The molecule has 1 atom stereocenters. The number of ether oxygens (including phenoxy) is 1. The molecule has 102 valence electrons. The number of carbonyl (C=O) groups excluding carboxylic acids is 2. The van der Waals surface area contributed by atoms with Crippen LogP contribution in [0.25, 0.3) is 0 Å². The fraction of sp³-hybridized carbons (Fsp3) is 0.250. The number of carboxylic acid groups (broad SMARTS) is 1. The lowest BCUT2D eigenvalue weighted by molar-refractivity contribution is -0.143. The van der Waals surface area contributed by atoms with Crippen molar-refractivity contribution < 1.29 is 24.2 Å². The average molecular weight is 266 g/mol. The largest absolute Gasteiger partial charge is 0.497 e. The van der Waals surface area contributed by atoms with E-state index in [9.17, 15) is 14.4 Å². The summed E-state index contributed by atoms with van der Waals surface area (Å²) in [5.74, 6) is -2.54. The minimum Gasteiger partial charge on any atom is -0.497 e. The number of nitrogens with one attached hydrogen (secondary N) is 2. The molecular weight excluding hydrogens is 252 g/mol. The Balaban J connectivity index is 2.58. The molecule has 0 aliphatic rings. The molecule has 0 saturated heterocycles. The molecule has 7 heteroatoms. The van der Waals surface area contributed by atoms with E-state index in [0.29, 0.717) is 11.4 Å². The van der Waals surface area contributed by atoms with Crippen LogP contribution >= 0.6 is 0 Å². The van der Waals surface area contributed by atoms with Gasteiger partial charge in [0.2, 0.25) is 0 Å². The maximum atomic E-state index is 11.5. The van der Waals surface area contributed by atoms with E-state index in [1.54, 1.807) is 24.3 Å². The van der Waals surface area contributed by atoms with E-state index in [1.165, 1.54) is 14.0 Å². The summed E-state index contributed by atoms with van der Waals surface area (Å²) in [5.41, 5.74) is 0.406. The van der Waals surface area contributed by atoms with Crippen molar-refractivity contribution >= 4 is 23.5 Å². The zero-order valence-corrected chi connectivity index (χ0v) is 10.5. The van der Waals surface area contributed by atoms with E-state index >= 15 is 0 Å². The third-order valence-electron chi connectivity index (χ3n) is 2.27. The maximum Gasteiger partial charge on any atom is 0.325 e. The van der Waals surface area contributed by atoms with E-state index < -0.39 is 23.8 Å². The van der Waals surface area contributed by atoms with Gasteiger partial charge in [-0.05, 0) is 31.2 Å². The van der Waals surface area contributed by atoms with Crippen LogP contribution in [-0.2, 0) is 14.4 Å². The number of anilines is 1. The average Bonchev–Trinajstić information content (AvgIpc) is 2.39. The van der Waals surface area contributed by atoms with Crippen LogP contribution in [0.15, 0.2) is 24.3 Å². The number of carbonyl (C=O) groups is 3. The van der Waals surface area contributed by atoms with Gasteiger partial charge < -0.3 is 20.5 Å². The Morgan fingerprint density at radius 3 is 2.21 bits per heavy atom. The van der Waals surface area contributed by atoms with E-state index in [1.807, 2.05) is 5.32 Å². The summed E-state index contributed by atoms with van der Waals surface area (Å²) in [4.78, 5) is 33.4. The number of rotatable bonds is 4. The highest BCUT2D eigenvalue weighted by Crippen LogP contribution is 2.14. The summed E-state index contributed by atoms with van der Waals surface area (Å²) in [6.45, 7) is 1.26. The zero-order chi connectivity index (χ0) is 14.4. The van der Waals surface area contributed by atoms with E-state index in [0.717, 1.165) is 0 Å². The van der Waals surface area contributed by atoms with E-state index in [4.69, 9.17) is 9.84 Å². The molecule has 19 heavy (non-hydrogen) atoms. The Morgan fingerprint density at radius 2 is 1.74 bits per heavy atom. The predicted octanol–water partition coefficient (Wildman–Crippen LogP) is 0.223. The lowest BCUT2D eigenvalue weighted by Crippen LogP contribution is -2.44. The predicted molar refractivity (Wildman–Crippen MR) is 66.9 cm³/mol. The Morgan fingerprint density at radius 1 is 1.16 bits per heavy atom. The van der Waals surface area contributed by atoms with Crippen molar-refractivity contribution in [3.8, 4) is 5.75 Å². The SMILES string of the molecule is COc1ccc(NC(=O)C(=O)NC(C)C(=O)O)cc1. The summed E-state index contributed by atoms with van der Waals surface area (Å²) < 4.78 is 4.94. The van der Waals surface area contributed by atoms with Crippen molar-refractivity contribution in [2.45, 2.75) is 13.0 Å². The van der Waals surface area contributed by atoms with Crippen molar-refractivity contribution in [3.05, 3.63) is 24.3 Å². The Bertz CT molecular complexity index is 483. The Labute approximate surface area is 109 Å². The molecule has 0 aliphatic carbocycles. The molecule has 0 aromatic heterocycles. The fourth-order valence-electron chi connectivity index (χ4n) is 1.19. The second-order valence-corrected chi connectivity index (χ2v) is 3.72. The maximum absolute atomic E-state index is 11.5. The van der Waals surface area contributed by atoms with Gasteiger partial charge in [0.25, 0.3) is 0 Å². The summed E-state index contributed by atoms with van der Waals surface area (Å²) in [6, 6.07) is 5.23. The van der Waals surface area contributed by atoms with Gasteiger partial charge in [-0.25, -0.2) is 0 Å². The third-order valence-corrected chi connectivity index (χ3v) is 2.27. The van der Waals surface area contributed by atoms with Crippen molar-refractivity contribution in [2.24, 2.45) is 0 Å². The zero-order valence-electron chi connectivity index (χ0n) is 10.5. The molecule has 7 nitrogen and oxygen atoms in total. The summed E-state index contributed by atoms with van der Waals surface area (Å²) in [5, 5.41) is 13.0. The number of benzene rings is 1. The fourth-order valence-corrected chi connectivity index (χ4v) is 1.19. The standard InChI is InChI=1S/C12H14N2O5/c1-7(12(17)18)13-10(15)11(16)14-8-3-5-9(19-2)6-4-8/h3-7H,1-2H3,(H,13,15)(H,14,16)(H,17,18). The van der Waals surface area contributed by atoms with Gasteiger partial charge in [-0.2, -0.15) is 0 Å². The van der Waals surface area contributed by atoms with Gasteiger partial charge in [0.1, 0.15) is 11.8 Å². The second kappa shape index (κ2) is 6.39. The highest BCUT2D eigenvalue weighted by molar-refractivity contribution is 6.39. The van der Waals surface area contributed by atoms with Crippen molar-refractivity contribution in [1.82, 2.24) is 5.32 Å². The topological polar surface area (TPSA) is 105 Å². The second-order valence-electron chi connectivity index (χ2n) is 3.72. The number of amides is 2. The van der Waals surface area contributed by atoms with Gasteiger partial charge in [-0.15, -0.1) is 0 Å². The molecule has 2 amide bonds. The normalized spacial score (nSPS) is 11.3. The molecular formula is C12H14N2O5. The summed E-state index contributed by atoms with van der Waals surface area (Å²) in [7, 11) is 1.51. The number of carboxylic acids is 1. The minimum absolute atomic E-state index is 0.406. The molecule has 0 saturated carbocycles. The number of hydrogen-bond donors (Lipinski definition) is 3.